The monoisotopic (exact) mass is 282 g/mol. The van der Waals surface area contributed by atoms with E-state index < -0.39 is 0 Å². The fourth-order valence-electron chi connectivity index (χ4n) is 2.47. The molecule has 2 unspecified atom stereocenters. The molecule has 0 bridgehead atoms. The van der Waals surface area contributed by atoms with Gasteiger partial charge in [0.2, 0.25) is 0 Å². The minimum absolute atomic E-state index is 0.226. The fourth-order valence-corrected chi connectivity index (χ4v) is 2.63. The number of hydrogen-bond donors (Lipinski definition) is 0. The summed E-state index contributed by atoms with van der Waals surface area (Å²) in [5, 5.41) is -0.226. The first kappa shape index (κ1) is 14.3. The number of imidazole rings is 1. The van der Waals surface area contributed by atoms with Crippen LogP contribution in [-0.2, 0) is 0 Å². The minimum atomic E-state index is -0.280. The zero-order valence-electron chi connectivity index (χ0n) is 11.7. The van der Waals surface area contributed by atoms with Gasteiger partial charge in [0.25, 0.3) is 0 Å². The van der Waals surface area contributed by atoms with E-state index in [1.165, 1.54) is 6.07 Å². The van der Waals surface area contributed by atoms with Gasteiger partial charge in [-0.05, 0) is 32.4 Å². The Morgan fingerprint density at radius 3 is 2.74 bits per heavy atom. The second kappa shape index (κ2) is 5.91. The van der Waals surface area contributed by atoms with Crippen molar-refractivity contribution in [2.24, 2.45) is 0 Å². The lowest BCUT2D eigenvalue weighted by Gasteiger charge is -2.18. The quantitative estimate of drug-likeness (QED) is 0.687. The molecule has 1 heterocycles. The Hall–Kier alpha value is -1.09. The zero-order chi connectivity index (χ0) is 14.0. The Bertz CT molecular complexity index is 563. The van der Waals surface area contributed by atoms with Crippen LogP contribution in [0, 0.1) is 5.82 Å². The third-order valence-corrected chi connectivity index (χ3v) is 3.67. The summed E-state index contributed by atoms with van der Waals surface area (Å²) in [5.41, 5.74) is 1.26. The second-order valence-electron chi connectivity index (χ2n) is 5.05. The molecule has 1 aromatic carbocycles. The molecular formula is C15H20ClFN2. The van der Waals surface area contributed by atoms with Gasteiger partial charge in [-0.2, -0.15) is 0 Å². The van der Waals surface area contributed by atoms with E-state index >= 15 is 0 Å². The van der Waals surface area contributed by atoms with Crippen LogP contribution in [0.3, 0.4) is 0 Å². The van der Waals surface area contributed by atoms with Gasteiger partial charge in [0.1, 0.15) is 11.3 Å². The Balaban J connectivity index is 2.55. The van der Waals surface area contributed by atoms with Gasteiger partial charge in [-0.25, -0.2) is 9.37 Å². The summed E-state index contributed by atoms with van der Waals surface area (Å²) >= 11 is 6.20. The van der Waals surface area contributed by atoms with Crippen molar-refractivity contribution < 1.29 is 4.39 Å². The van der Waals surface area contributed by atoms with Gasteiger partial charge < -0.3 is 4.57 Å². The average molecular weight is 283 g/mol. The van der Waals surface area contributed by atoms with E-state index in [0.717, 1.165) is 30.6 Å². The lowest BCUT2D eigenvalue weighted by molar-refractivity contribution is 0.480. The van der Waals surface area contributed by atoms with Gasteiger partial charge >= 0.3 is 0 Å². The highest BCUT2D eigenvalue weighted by Gasteiger charge is 2.20. The smallest absolute Gasteiger partial charge is 0.151 e. The van der Waals surface area contributed by atoms with Crippen LogP contribution in [-0.4, -0.2) is 9.55 Å². The van der Waals surface area contributed by atoms with Crippen molar-refractivity contribution in [1.29, 1.82) is 0 Å². The van der Waals surface area contributed by atoms with E-state index in [0.29, 0.717) is 5.52 Å². The third kappa shape index (κ3) is 2.76. The molecular weight excluding hydrogens is 263 g/mol. The van der Waals surface area contributed by atoms with Crippen LogP contribution in [0.5, 0.6) is 0 Å². The lowest BCUT2D eigenvalue weighted by atomic mass is 10.1. The summed E-state index contributed by atoms with van der Waals surface area (Å²) in [6.45, 7) is 6.19. The molecule has 4 heteroatoms. The second-order valence-corrected chi connectivity index (χ2v) is 5.71. The first-order chi connectivity index (χ1) is 9.06. The average Bonchev–Trinajstić information content (AvgIpc) is 2.77. The molecule has 0 aliphatic rings. The maximum Gasteiger partial charge on any atom is 0.151 e. The summed E-state index contributed by atoms with van der Waals surface area (Å²) in [7, 11) is 0. The topological polar surface area (TPSA) is 17.8 Å². The largest absolute Gasteiger partial charge is 0.324 e. The van der Waals surface area contributed by atoms with Crippen LogP contribution in [0.25, 0.3) is 11.0 Å². The molecule has 2 aromatic rings. The van der Waals surface area contributed by atoms with Crippen molar-refractivity contribution in [3.05, 3.63) is 29.8 Å². The fraction of sp³-hybridized carbons (Fsp3) is 0.533. The number of alkyl halides is 1. The van der Waals surface area contributed by atoms with Gasteiger partial charge in [-0.1, -0.05) is 25.8 Å². The maximum absolute atomic E-state index is 13.8. The molecule has 0 fully saturated rings. The number of para-hydroxylation sites is 1. The first-order valence-electron chi connectivity index (χ1n) is 6.86. The van der Waals surface area contributed by atoms with Crippen LogP contribution < -0.4 is 0 Å². The van der Waals surface area contributed by atoms with Gasteiger partial charge in [0.05, 0.1) is 10.9 Å². The Morgan fingerprint density at radius 2 is 2.11 bits per heavy atom. The first-order valence-corrected chi connectivity index (χ1v) is 7.30. The van der Waals surface area contributed by atoms with E-state index in [1.54, 1.807) is 6.07 Å². The number of benzene rings is 1. The molecule has 2 rings (SSSR count). The van der Waals surface area contributed by atoms with Gasteiger partial charge in [-0.15, -0.1) is 11.6 Å². The molecule has 0 spiro atoms. The molecule has 0 aliphatic heterocycles. The maximum atomic E-state index is 13.8. The van der Waals surface area contributed by atoms with Gasteiger partial charge in [0, 0.05) is 6.04 Å². The highest BCUT2D eigenvalue weighted by atomic mass is 35.5. The van der Waals surface area contributed by atoms with Crippen LogP contribution in [0.1, 0.15) is 57.3 Å². The van der Waals surface area contributed by atoms with Crippen molar-refractivity contribution in [1.82, 2.24) is 9.55 Å². The van der Waals surface area contributed by atoms with E-state index in [-0.39, 0.29) is 17.2 Å². The molecule has 0 saturated heterocycles. The van der Waals surface area contributed by atoms with Crippen molar-refractivity contribution in [2.45, 2.75) is 51.5 Å². The predicted molar refractivity (Wildman–Crippen MR) is 78.2 cm³/mol. The third-order valence-electron chi connectivity index (χ3n) is 3.47. The van der Waals surface area contributed by atoms with Crippen LogP contribution >= 0.6 is 11.6 Å². The summed E-state index contributed by atoms with van der Waals surface area (Å²) in [5.74, 6) is 0.475. The molecule has 1 aromatic heterocycles. The molecule has 0 amide bonds. The highest BCUT2D eigenvalue weighted by Crippen LogP contribution is 2.30. The molecule has 2 atom stereocenters. The molecule has 19 heavy (non-hydrogen) atoms. The van der Waals surface area contributed by atoms with E-state index in [9.17, 15) is 4.39 Å². The van der Waals surface area contributed by atoms with E-state index in [2.05, 4.69) is 23.4 Å². The van der Waals surface area contributed by atoms with Crippen molar-refractivity contribution in [3.63, 3.8) is 0 Å². The summed E-state index contributed by atoms with van der Waals surface area (Å²) in [6.07, 6.45) is 3.35. The van der Waals surface area contributed by atoms with Gasteiger partial charge in [0.15, 0.2) is 5.82 Å². The molecule has 0 N–H and O–H groups in total. The lowest BCUT2D eigenvalue weighted by Crippen LogP contribution is -2.10. The summed E-state index contributed by atoms with van der Waals surface area (Å²) in [4.78, 5) is 4.40. The number of halogens is 2. The molecule has 0 saturated carbocycles. The number of aromatic nitrogens is 2. The number of nitrogens with zero attached hydrogens (tertiary/aromatic N) is 2. The SMILES string of the molecule is CCCCC(C)n1c(C(C)Cl)nc2c(F)cccc21. The van der Waals surface area contributed by atoms with Crippen molar-refractivity contribution in [3.8, 4) is 0 Å². The van der Waals surface area contributed by atoms with Crippen LogP contribution in [0.4, 0.5) is 4.39 Å². The Labute approximate surface area is 118 Å². The Kier molecular flexibility index (Phi) is 4.46. The minimum Gasteiger partial charge on any atom is -0.324 e. The summed E-state index contributed by atoms with van der Waals surface area (Å²) in [6, 6.07) is 5.36. The van der Waals surface area contributed by atoms with Crippen molar-refractivity contribution in [2.75, 3.05) is 0 Å². The zero-order valence-corrected chi connectivity index (χ0v) is 12.4. The van der Waals surface area contributed by atoms with Crippen LogP contribution in [0.2, 0.25) is 0 Å². The van der Waals surface area contributed by atoms with Crippen LogP contribution in [0.15, 0.2) is 18.2 Å². The molecule has 104 valence electrons. The summed E-state index contributed by atoms with van der Waals surface area (Å²) < 4.78 is 15.9. The highest BCUT2D eigenvalue weighted by molar-refractivity contribution is 6.20. The normalized spacial score (nSPS) is 14.8. The van der Waals surface area contributed by atoms with Crippen molar-refractivity contribution >= 4 is 22.6 Å². The number of unbranched alkanes of at least 4 members (excludes halogenated alkanes) is 1. The number of fused-ring (bicyclic) bond motifs is 1. The number of rotatable bonds is 5. The Morgan fingerprint density at radius 1 is 1.37 bits per heavy atom. The molecule has 0 aliphatic carbocycles. The van der Waals surface area contributed by atoms with E-state index in [4.69, 9.17) is 11.6 Å². The van der Waals surface area contributed by atoms with E-state index in [1.807, 2.05) is 13.0 Å². The van der Waals surface area contributed by atoms with Gasteiger partial charge in [-0.3, -0.25) is 0 Å². The number of hydrogen-bond acceptors (Lipinski definition) is 1. The standard InChI is InChI=1S/C15H20ClFN2/c1-4-5-7-10(2)19-13-9-6-8-12(17)14(13)18-15(19)11(3)16/h6,8-11H,4-5,7H2,1-3H3. The predicted octanol–water partition coefficient (Wildman–Crippen LogP) is 5.23. The molecule has 2 nitrogen and oxygen atoms in total. The molecule has 0 radical (unpaired) electrons.